The molecule has 1 N–H and O–H groups in total. The maximum absolute atomic E-state index is 11.3. The van der Waals surface area contributed by atoms with Crippen LogP contribution in [0.2, 0.25) is 0 Å². The van der Waals surface area contributed by atoms with E-state index in [4.69, 9.17) is 4.74 Å². The maximum Gasteiger partial charge on any atom is 0.407 e. The summed E-state index contributed by atoms with van der Waals surface area (Å²) in [5.41, 5.74) is -0.326. The Kier molecular flexibility index (Phi) is 3.17. The normalized spacial score (nSPS) is 16.8. The molecule has 1 rings (SSSR count). The summed E-state index contributed by atoms with van der Waals surface area (Å²) >= 11 is 0. The molecule has 0 heterocycles. The Morgan fingerprint density at radius 2 is 2.15 bits per heavy atom. The average molecular weight is 185 g/mol. The molecule has 0 radical (unpaired) electrons. The van der Waals surface area contributed by atoms with Crippen LogP contribution in [0.15, 0.2) is 0 Å². The minimum atomic E-state index is -0.326. The van der Waals surface area contributed by atoms with E-state index in [0.717, 1.165) is 25.7 Å². The van der Waals surface area contributed by atoms with E-state index in [1.807, 2.05) is 13.8 Å². The minimum Gasteiger partial charge on any atom is -0.444 e. The van der Waals surface area contributed by atoms with Crippen LogP contribution in [0, 0.1) is 0 Å². The second-order valence-corrected chi connectivity index (χ2v) is 4.32. The van der Waals surface area contributed by atoms with E-state index in [1.165, 1.54) is 0 Å². The van der Waals surface area contributed by atoms with Crippen LogP contribution in [0.1, 0.15) is 46.5 Å². The molecule has 0 aromatic rings. The molecule has 0 aromatic heterocycles. The molecule has 1 fully saturated rings. The van der Waals surface area contributed by atoms with Gasteiger partial charge >= 0.3 is 6.09 Å². The second kappa shape index (κ2) is 3.99. The zero-order valence-electron chi connectivity index (χ0n) is 8.72. The van der Waals surface area contributed by atoms with Crippen molar-refractivity contribution in [3.8, 4) is 0 Å². The summed E-state index contributed by atoms with van der Waals surface area (Å²) in [5, 5.41) is 2.81. The van der Waals surface area contributed by atoms with Gasteiger partial charge in [0.1, 0.15) is 5.60 Å². The summed E-state index contributed by atoms with van der Waals surface area (Å²) in [7, 11) is 0. The third-order valence-electron chi connectivity index (χ3n) is 2.12. The fourth-order valence-corrected chi connectivity index (χ4v) is 1.33. The summed E-state index contributed by atoms with van der Waals surface area (Å²) in [6, 6.07) is 0.380. The Morgan fingerprint density at radius 3 is 2.62 bits per heavy atom. The van der Waals surface area contributed by atoms with E-state index in [-0.39, 0.29) is 11.7 Å². The first-order valence-electron chi connectivity index (χ1n) is 5.03. The Morgan fingerprint density at radius 1 is 1.54 bits per heavy atom. The molecule has 1 amide bonds. The lowest BCUT2D eigenvalue weighted by atomic mass is 10.0. The molecule has 0 unspecified atom stereocenters. The van der Waals surface area contributed by atoms with Crippen LogP contribution in [0.3, 0.4) is 0 Å². The van der Waals surface area contributed by atoms with Gasteiger partial charge in [-0.3, -0.25) is 0 Å². The van der Waals surface area contributed by atoms with Crippen molar-refractivity contribution in [2.75, 3.05) is 0 Å². The first-order valence-corrected chi connectivity index (χ1v) is 5.03. The molecule has 13 heavy (non-hydrogen) atoms. The summed E-state index contributed by atoms with van der Waals surface area (Å²) < 4.78 is 5.28. The summed E-state index contributed by atoms with van der Waals surface area (Å²) in [5.74, 6) is 0. The van der Waals surface area contributed by atoms with Gasteiger partial charge in [-0.1, -0.05) is 13.3 Å². The number of rotatable bonds is 4. The number of nitrogens with one attached hydrogen (secondary N) is 1. The summed E-state index contributed by atoms with van der Waals surface area (Å²) in [4.78, 5) is 11.3. The van der Waals surface area contributed by atoms with E-state index < -0.39 is 0 Å². The number of ether oxygens (including phenoxy) is 1. The zero-order valence-corrected chi connectivity index (χ0v) is 8.72. The van der Waals surface area contributed by atoms with E-state index >= 15 is 0 Å². The lowest BCUT2D eigenvalue weighted by Crippen LogP contribution is -2.35. The molecule has 0 saturated heterocycles. The van der Waals surface area contributed by atoms with Crippen LogP contribution in [-0.2, 0) is 4.74 Å². The quantitative estimate of drug-likeness (QED) is 0.730. The van der Waals surface area contributed by atoms with Gasteiger partial charge in [-0.05, 0) is 33.1 Å². The number of carbonyl (C=O) groups is 1. The third kappa shape index (κ3) is 4.15. The van der Waals surface area contributed by atoms with Gasteiger partial charge < -0.3 is 10.1 Å². The van der Waals surface area contributed by atoms with Crippen molar-refractivity contribution in [1.29, 1.82) is 0 Å². The van der Waals surface area contributed by atoms with Crippen molar-refractivity contribution in [3.63, 3.8) is 0 Å². The van der Waals surface area contributed by atoms with Crippen molar-refractivity contribution in [2.45, 2.75) is 58.1 Å². The number of hydrogen-bond donors (Lipinski definition) is 1. The van der Waals surface area contributed by atoms with Crippen molar-refractivity contribution in [1.82, 2.24) is 5.32 Å². The molecule has 0 aliphatic heterocycles. The molecule has 0 aromatic carbocycles. The van der Waals surface area contributed by atoms with Gasteiger partial charge in [0.15, 0.2) is 0 Å². The van der Waals surface area contributed by atoms with Gasteiger partial charge in [-0.15, -0.1) is 0 Å². The van der Waals surface area contributed by atoms with Crippen LogP contribution in [-0.4, -0.2) is 17.7 Å². The van der Waals surface area contributed by atoms with Crippen LogP contribution in [0.5, 0.6) is 0 Å². The smallest absolute Gasteiger partial charge is 0.407 e. The Labute approximate surface area is 79.8 Å². The summed E-state index contributed by atoms with van der Waals surface area (Å²) in [6.07, 6.45) is 3.88. The van der Waals surface area contributed by atoms with Gasteiger partial charge in [-0.2, -0.15) is 0 Å². The van der Waals surface area contributed by atoms with E-state index in [1.54, 1.807) is 0 Å². The molecule has 1 saturated carbocycles. The standard InChI is InChI=1S/C10H19NO2/c1-4-7-10(2,3)13-9(12)11-8-5-6-8/h8H,4-7H2,1-3H3,(H,11,12). The number of carbonyl (C=O) groups excluding carboxylic acids is 1. The highest BCUT2D eigenvalue weighted by Crippen LogP contribution is 2.21. The fraction of sp³-hybridized carbons (Fsp3) is 0.900. The molecule has 76 valence electrons. The van der Waals surface area contributed by atoms with Gasteiger partial charge in [0.05, 0.1) is 0 Å². The molecule has 1 aliphatic carbocycles. The highest BCUT2D eigenvalue weighted by Gasteiger charge is 2.27. The molecule has 0 atom stereocenters. The molecular weight excluding hydrogens is 166 g/mol. The molecule has 1 aliphatic rings. The van der Waals surface area contributed by atoms with Crippen LogP contribution >= 0.6 is 0 Å². The van der Waals surface area contributed by atoms with E-state index in [0.29, 0.717) is 6.04 Å². The molecule has 0 bridgehead atoms. The molecular formula is C10H19NO2. The first-order chi connectivity index (χ1) is 6.03. The monoisotopic (exact) mass is 185 g/mol. The van der Waals surface area contributed by atoms with Crippen LogP contribution in [0.4, 0.5) is 4.79 Å². The van der Waals surface area contributed by atoms with Crippen molar-refractivity contribution < 1.29 is 9.53 Å². The highest BCUT2D eigenvalue weighted by molar-refractivity contribution is 5.68. The van der Waals surface area contributed by atoms with E-state index in [9.17, 15) is 4.79 Å². The third-order valence-corrected chi connectivity index (χ3v) is 2.12. The average Bonchev–Trinajstić information content (AvgIpc) is 2.68. The van der Waals surface area contributed by atoms with Crippen molar-refractivity contribution in [2.24, 2.45) is 0 Å². The topological polar surface area (TPSA) is 38.3 Å². The molecule has 0 spiro atoms. The molecule has 3 nitrogen and oxygen atoms in total. The first kappa shape index (κ1) is 10.4. The fourth-order valence-electron chi connectivity index (χ4n) is 1.33. The predicted molar refractivity (Wildman–Crippen MR) is 51.6 cm³/mol. The Hall–Kier alpha value is -0.730. The molecule has 3 heteroatoms. The van der Waals surface area contributed by atoms with Gasteiger partial charge in [0.2, 0.25) is 0 Å². The van der Waals surface area contributed by atoms with Gasteiger partial charge in [-0.25, -0.2) is 4.79 Å². The SMILES string of the molecule is CCCC(C)(C)OC(=O)NC1CC1. The lowest BCUT2D eigenvalue weighted by molar-refractivity contribution is 0.0320. The van der Waals surface area contributed by atoms with Crippen molar-refractivity contribution >= 4 is 6.09 Å². The van der Waals surface area contributed by atoms with Crippen LogP contribution in [0.25, 0.3) is 0 Å². The van der Waals surface area contributed by atoms with Crippen LogP contribution < -0.4 is 5.32 Å². The lowest BCUT2D eigenvalue weighted by Gasteiger charge is -2.24. The predicted octanol–water partition coefficient (Wildman–Crippen LogP) is 2.45. The van der Waals surface area contributed by atoms with Crippen molar-refractivity contribution in [3.05, 3.63) is 0 Å². The zero-order chi connectivity index (χ0) is 9.90. The Balaban J connectivity index is 2.23. The van der Waals surface area contributed by atoms with Gasteiger partial charge in [0.25, 0.3) is 0 Å². The number of amides is 1. The highest BCUT2D eigenvalue weighted by atomic mass is 16.6. The number of alkyl carbamates (subject to hydrolysis) is 1. The Bertz CT molecular complexity index is 185. The largest absolute Gasteiger partial charge is 0.444 e. The van der Waals surface area contributed by atoms with Gasteiger partial charge in [0, 0.05) is 6.04 Å². The second-order valence-electron chi connectivity index (χ2n) is 4.32. The minimum absolute atomic E-state index is 0.263. The van der Waals surface area contributed by atoms with E-state index in [2.05, 4.69) is 12.2 Å². The number of hydrogen-bond acceptors (Lipinski definition) is 2. The maximum atomic E-state index is 11.3. The summed E-state index contributed by atoms with van der Waals surface area (Å²) in [6.45, 7) is 5.98.